The van der Waals surface area contributed by atoms with Crippen molar-refractivity contribution in [1.82, 2.24) is 5.32 Å². The summed E-state index contributed by atoms with van der Waals surface area (Å²) in [5.74, 6) is -0.184. The Morgan fingerprint density at radius 3 is 2.37 bits per heavy atom. The average Bonchev–Trinajstić information content (AvgIpc) is 2.38. The smallest absolute Gasteiger partial charge is 0.123 e. The minimum atomic E-state index is -0.184. The summed E-state index contributed by atoms with van der Waals surface area (Å²) in [6.07, 6.45) is 0. The van der Waals surface area contributed by atoms with Crippen LogP contribution in [0.4, 0.5) is 4.39 Å². The van der Waals surface area contributed by atoms with Crippen molar-refractivity contribution in [1.29, 1.82) is 0 Å². The molecular formula is C17H20FN. The van der Waals surface area contributed by atoms with Crippen LogP contribution in [0.5, 0.6) is 0 Å². The summed E-state index contributed by atoms with van der Waals surface area (Å²) in [7, 11) is 0. The van der Waals surface area contributed by atoms with Crippen molar-refractivity contribution in [2.45, 2.75) is 33.4 Å². The van der Waals surface area contributed by atoms with E-state index in [4.69, 9.17) is 0 Å². The Bertz CT molecular complexity index is 544. The highest BCUT2D eigenvalue weighted by atomic mass is 19.1. The third-order valence-corrected chi connectivity index (χ3v) is 3.13. The fourth-order valence-corrected chi connectivity index (χ4v) is 2.04. The number of hydrogen-bond donors (Lipinski definition) is 1. The van der Waals surface area contributed by atoms with Crippen LogP contribution in [0.1, 0.15) is 25.0 Å². The molecule has 0 fully saturated rings. The van der Waals surface area contributed by atoms with Crippen LogP contribution in [0.15, 0.2) is 42.5 Å². The van der Waals surface area contributed by atoms with Crippen LogP contribution in [-0.4, -0.2) is 6.04 Å². The standard InChI is InChI=1S/C17H20FN/c1-12(2)19-11-15-10-16(18)8-9-17(15)14-6-4-13(3)5-7-14/h4-10,12,19H,11H2,1-3H3. The summed E-state index contributed by atoms with van der Waals surface area (Å²) >= 11 is 0. The van der Waals surface area contributed by atoms with E-state index >= 15 is 0 Å². The van der Waals surface area contributed by atoms with Gasteiger partial charge in [0, 0.05) is 12.6 Å². The molecule has 0 amide bonds. The second-order valence-corrected chi connectivity index (χ2v) is 5.20. The fraction of sp³-hybridized carbons (Fsp3) is 0.294. The molecule has 0 aromatic heterocycles. The van der Waals surface area contributed by atoms with E-state index in [1.165, 1.54) is 11.6 Å². The first-order valence-electron chi connectivity index (χ1n) is 6.65. The number of benzene rings is 2. The molecule has 1 N–H and O–H groups in total. The monoisotopic (exact) mass is 257 g/mol. The highest BCUT2D eigenvalue weighted by Crippen LogP contribution is 2.25. The quantitative estimate of drug-likeness (QED) is 0.861. The lowest BCUT2D eigenvalue weighted by Gasteiger charge is -2.13. The largest absolute Gasteiger partial charge is 0.310 e. The lowest BCUT2D eigenvalue weighted by Crippen LogP contribution is -2.22. The molecule has 0 aliphatic rings. The summed E-state index contributed by atoms with van der Waals surface area (Å²) in [5.41, 5.74) is 4.45. The predicted octanol–water partition coefficient (Wildman–Crippen LogP) is 4.30. The van der Waals surface area contributed by atoms with Crippen LogP contribution in [0.25, 0.3) is 11.1 Å². The lowest BCUT2D eigenvalue weighted by atomic mass is 9.98. The molecule has 0 aliphatic heterocycles. The third kappa shape index (κ3) is 3.65. The molecule has 0 unspecified atom stereocenters. The Morgan fingerprint density at radius 1 is 1.05 bits per heavy atom. The van der Waals surface area contributed by atoms with E-state index in [1.807, 2.05) is 6.07 Å². The maximum Gasteiger partial charge on any atom is 0.123 e. The van der Waals surface area contributed by atoms with Crippen molar-refractivity contribution in [3.63, 3.8) is 0 Å². The lowest BCUT2D eigenvalue weighted by molar-refractivity contribution is 0.582. The number of nitrogens with one attached hydrogen (secondary N) is 1. The van der Waals surface area contributed by atoms with Gasteiger partial charge in [-0.1, -0.05) is 49.7 Å². The summed E-state index contributed by atoms with van der Waals surface area (Å²) in [6, 6.07) is 13.7. The van der Waals surface area contributed by atoms with E-state index < -0.39 is 0 Å². The Kier molecular flexibility index (Phi) is 4.33. The molecule has 0 spiro atoms. The molecule has 0 saturated carbocycles. The molecule has 19 heavy (non-hydrogen) atoms. The van der Waals surface area contributed by atoms with E-state index in [9.17, 15) is 4.39 Å². The molecule has 0 saturated heterocycles. The normalized spacial score (nSPS) is 11.0. The van der Waals surface area contributed by atoms with Crippen molar-refractivity contribution in [3.05, 3.63) is 59.4 Å². The van der Waals surface area contributed by atoms with Crippen molar-refractivity contribution in [2.24, 2.45) is 0 Å². The van der Waals surface area contributed by atoms with E-state index in [1.54, 1.807) is 6.07 Å². The molecule has 0 heterocycles. The zero-order valence-corrected chi connectivity index (χ0v) is 11.7. The summed E-state index contributed by atoms with van der Waals surface area (Å²) in [5, 5.41) is 3.34. The second kappa shape index (κ2) is 5.98. The molecule has 2 aromatic carbocycles. The van der Waals surface area contributed by atoms with Gasteiger partial charge in [0.05, 0.1) is 0 Å². The Balaban J connectivity index is 2.35. The SMILES string of the molecule is Cc1ccc(-c2ccc(F)cc2CNC(C)C)cc1. The maximum absolute atomic E-state index is 13.4. The van der Waals surface area contributed by atoms with Crippen molar-refractivity contribution in [2.75, 3.05) is 0 Å². The van der Waals surface area contributed by atoms with Gasteiger partial charge in [0.1, 0.15) is 5.82 Å². The van der Waals surface area contributed by atoms with Gasteiger partial charge in [0.15, 0.2) is 0 Å². The zero-order valence-electron chi connectivity index (χ0n) is 11.7. The van der Waals surface area contributed by atoms with Gasteiger partial charge < -0.3 is 5.32 Å². The molecular weight excluding hydrogens is 237 g/mol. The molecule has 2 rings (SSSR count). The van der Waals surface area contributed by atoms with E-state index in [0.29, 0.717) is 12.6 Å². The van der Waals surface area contributed by atoms with Crippen LogP contribution < -0.4 is 5.32 Å². The van der Waals surface area contributed by atoms with Gasteiger partial charge in [0.2, 0.25) is 0 Å². The number of rotatable bonds is 4. The van der Waals surface area contributed by atoms with Gasteiger partial charge in [0.25, 0.3) is 0 Å². The third-order valence-electron chi connectivity index (χ3n) is 3.13. The van der Waals surface area contributed by atoms with Gasteiger partial charge in [-0.2, -0.15) is 0 Å². The van der Waals surface area contributed by atoms with Crippen LogP contribution in [0.3, 0.4) is 0 Å². The molecule has 0 bridgehead atoms. The average molecular weight is 257 g/mol. The van der Waals surface area contributed by atoms with Crippen LogP contribution >= 0.6 is 0 Å². The highest BCUT2D eigenvalue weighted by Gasteiger charge is 2.07. The van der Waals surface area contributed by atoms with Crippen molar-refractivity contribution in [3.8, 4) is 11.1 Å². The fourth-order valence-electron chi connectivity index (χ4n) is 2.04. The van der Waals surface area contributed by atoms with Crippen LogP contribution in [-0.2, 0) is 6.54 Å². The molecule has 0 atom stereocenters. The number of aryl methyl sites for hydroxylation is 1. The van der Waals surface area contributed by atoms with Crippen molar-refractivity contribution < 1.29 is 4.39 Å². The first kappa shape index (κ1) is 13.8. The Morgan fingerprint density at radius 2 is 1.74 bits per heavy atom. The van der Waals surface area contributed by atoms with Crippen LogP contribution in [0, 0.1) is 12.7 Å². The van der Waals surface area contributed by atoms with Gasteiger partial charge in [-0.15, -0.1) is 0 Å². The minimum absolute atomic E-state index is 0.184. The number of hydrogen-bond acceptors (Lipinski definition) is 1. The second-order valence-electron chi connectivity index (χ2n) is 5.20. The molecule has 2 heteroatoms. The molecule has 2 aromatic rings. The minimum Gasteiger partial charge on any atom is -0.310 e. The Hall–Kier alpha value is -1.67. The van der Waals surface area contributed by atoms with E-state index in [0.717, 1.165) is 16.7 Å². The molecule has 1 nitrogen and oxygen atoms in total. The Labute approximate surface area is 114 Å². The van der Waals surface area contributed by atoms with Gasteiger partial charge in [-0.05, 0) is 35.7 Å². The first-order chi connectivity index (χ1) is 9.06. The zero-order chi connectivity index (χ0) is 13.8. The topological polar surface area (TPSA) is 12.0 Å². The van der Waals surface area contributed by atoms with Crippen molar-refractivity contribution >= 4 is 0 Å². The van der Waals surface area contributed by atoms with Gasteiger partial charge >= 0.3 is 0 Å². The van der Waals surface area contributed by atoms with Gasteiger partial charge in [-0.3, -0.25) is 0 Å². The summed E-state index contributed by atoms with van der Waals surface area (Å²) in [6.45, 7) is 6.92. The maximum atomic E-state index is 13.4. The number of halogens is 1. The molecule has 0 aliphatic carbocycles. The molecule has 0 radical (unpaired) electrons. The predicted molar refractivity (Wildman–Crippen MR) is 78.5 cm³/mol. The van der Waals surface area contributed by atoms with E-state index in [2.05, 4.69) is 50.4 Å². The van der Waals surface area contributed by atoms with Gasteiger partial charge in [-0.25, -0.2) is 4.39 Å². The van der Waals surface area contributed by atoms with Crippen LogP contribution in [0.2, 0.25) is 0 Å². The summed E-state index contributed by atoms with van der Waals surface area (Å²) in [4.78, 5) is 0. The summed E-state index contributed by atoms with van der Waals surface area (Å²) < 4.78 is 13.4. The van der Waals surface area contributed by atoms with E-state index in [-0.39, 0.29) is 5.82 Å². The first-order valence-corrected chi connectivity index (χ1v) is 6.65. The molecule has 100 valence electrons. The highest BCUT2D eigenvalue weighted by molar-refractivity contribution is 5.67.